The van der Waals surface area contributed by atoms with E-state index in [0.29, 0.717) is 12.2 Å². The molecule has 1 heterocycles. The van der Waals surface area contributed by atoms with Gasteiger partial charge in [0.15, 0.2) is 0 Å². The minimum absolute atomic E-state index is 0.111. The summed E-state index contributed by atoms with van der Waals surface area (Å²) in [6, 6.07) is 6.79. The summed E-state index contributed by atoms with van der Waals surface area (Å²) in [7, 11) is 0. The second-order valence-electron chi connectivity index (χ2n) is 6.55. The number of carbonyl (C=O) groups excluding carboxylic acids is 3. The molecule has 2 rings (SSSR count). The Bertz CT molecular complexity index is 602. The molecule has 0 unspecified atom stereocenters. The number of ether oxygens (including phenoxy) is 1. The highest BCUT2D eigenvalue weighted by molar-refractivity contribution is 5.95. The number of hydrogen-bond acceptors (Lipinski definition) is 4. The zero-order valence-corrected chi connectivity index (χ0v) is 13.7. The van der Waals surface area contributed by atoms with E-state index < -0.39 is 11.4 Å². The number of nitrogens with zero attached hydrogens (tertiary/aromatic N) is 1. The van der Waals surface area contributed by atoms with Crippen molar-refractivity contribution < 1.29 is 19.1 Å². The average molecular weight is 318 g/mol. The van der Waals surface area contributed by atoms with Crippen molar-refractivity contribution in [1.29, 1.82) is 0 Å². The molecule has 23 heavy (non-hydrogen) atoms. The van der Waals surface area contributed by atoms with Crippen LogP contribution >= 0.6 is 0 Å². The summed E-state index contributed by atoms with van der Waals surface area (Å²) in [5.74, 6) is -0.250. The molecule has 6 nitrogen and oxygen atoms in total. The van der Waals surface area contributed by atoms with E-state index >= 15 is 0 Å². The number of nitrogens with one attached hydrogen (secondary N) is 1. The fraction of sp³-hybridized carbons (Fsp3) is 0.471. The van der Waals surface area contributed by atoms with E-state index in [1.165, 1.54) is 0 Å². The van der Waals surface area contributed by atoms with Gasteiger partial charge in [0, 0.05) is 24.1 Å². The Kier molecular flexibility index (Phi) is 5.03. The third-order valence-corrected chi connectivity index (χ3v) is 3.53. The third-order valence-electron chi connectivity index (χ3n) is 3.53. The lowest BCUT2D eigenvalue weighted by atomic mass is 9.96. The molecule has 1 aliphatic rings. The first-order valence-corrected chi connectivity index (χ1v) is 7.67. The lowest BCUT2D eigenvalue weighted by Crippen LogP contribution is -2.39. The second-order valence-corrected chi connectivity index (χ2v) is 6.55. The van der Waals surface area contributed by atoms with Gasteiger partial charge in [-0.15, -0.1) is 0 Å². The molecule has 1 aromatic carbocycles. The van der Waals surface area contributed by atoms with Crippen molar-refractivity contribution >= 4 is 23.5 Å². The molecule has 0 aliphatic carbocycles. The van der Waals surface area contributed by atoms with Crippen molar-refractivity contribution in [1.82, 2.24) is 5.32 Å². The van der Waals surface area contributed by atoms with Gasteiger partial charge < -0.3 is 15.0 Å². The molecule has 124 valence electrons. The molecule has 1 fully saturated rings. The Hall–Kier alpha value is -2.37. The normalized spacial score (nSPS) is 14.7. The SMILES string of the molecule is CC(C)(C)C(=O)NCC(=O)Oc1ccc(N2CCCC2=O)cc1. The minimum Gasteiger partial charge on any atom is -0.425 e. The van der Waals surface area contributed by atoms with Gasteiger partial charge in [-0.05, 0) is 30.7 Å². The fourth-order valence-corrected chi connectivity index (χ4v) is 2.20. The lowest BCUT2D eigenvalue weighted by Gasteiger charge is -2.17. The number of rotatable bonds is 4. The maximum atomic E-state index is 11.7. The highest BCUT2D eigenvalue weighted by Gasteiger charge is 2.23. The molecule has 6 heteroatoms. The van der Waals surface area contributed by atoms with Crippen LogP contribution in [0.5, 0.6) is 5.75 Å². The highest BCUT2D eigenvalue weighted by atomic mass is 16.5. The molecule has 1 aliphatic heterocycles. The molecule has 0 aromatic heterocycles. The van der Waals surface area contributed by atoms with Crippen molar-refractivity contribution in [2.24, 2.45) is 5.41 Å². The van der Waals surface area contributed by atoms with Crippen LogP contribution in [0.1, 0.15) is 33.6 Å². The number of amides is 2. The van der Waals surface area contributed by atoms with Crippen LogP contribution in [-0.4, -0.2) is 30.9 Å². The van der Waals surface area contributed by atoms with E-state index in [-0.39, 0.29) is 18.4 Å². The second kappa shape index (κ2) is 6.81. The first-order valence-electron chi connectivity index (χ1n) is 7.67. The summed E-state index contributed by atoms with van der Waals surface area (Å²) in [5, 5.41) is 2.54. The molecular formula is C17H22N2O4. The molecule has 0 atom stereocenters. The van der Waals surface area contributed by atoms with Crippen LogP contribution in [0, 0.1) is 5.41 Å². The zero-order valence-electron chi connectivity index (χ0n) is 13.7. The van der Waals surface area contributed by atoms with Gasteiger partial charge >= 0.3 is 5.97 Å². The van der Waals surface area contributed by atoms with Gasteiger partial charge in [0.05, 0.1) is 0 Å². The molecule has 0 saturated carbocycles. The Morgan fingerprint density at radius 3 is 2.39 bits per heavy atom. The Morgan fingerprint density at radius 1 is 1.22 bits per heavy atom. The number of benzene rings is 1. The number of anilines is 1. The van der Waals surface area contributed by atoms with Crippen LogP contribution in [0.4, 0.5) is 5.69 Å². The zero-order chi connectivity index (χ0) is 17.0. The summed E-state index contributed by atoms with van der Waals surface area (Å²) in [6.45, 7) is 5.85. The topological polar surface area (TPSA) is 75.7 Å². The Labute approximate surface area is 135 Å². The van der Waals surface area contributed by atoms with Crippen molar-refractivity contribution in [2.75, 3.05) is 18.0 Å². The van der Waals surface area contributed by atoms with Gasteiger partial charge in [0.25, 0.3) is 0 Å². The quantitative estimate of drug-likeness (QED) is 0.679. The Balaban J connectivity index is 1.87. The van der Waals surface area contributed by atoms with Crippen molar-refractivity contribution in [3.05, 3.63) is 24.3 Å². The smallest absolute Gasteiger partial charge is 0.330 e. The minimum atomic E-state index is -0.551. The van der Waals surface area contributed by atoms with Gasteiger partial charge in [-0.25, -0.2) is 4.79 Å². The average Bonchev–Trinajstić information content (AvgIpc) is 2.91. The number of hydrogen-bond donors (Lipinski definition) is 1. The molecule has 1 N–H and O–H groups in total. The van der Waals surface area contributed by atoms with Crippen molar-refractivity contribution in [3.63, 3.8) is 0 Å². The van der Waals surface area contributed by atoms with Gasteiger partial charge in [-0.1, -0.05) is 20.8 Å². The predicted molar refractivity (Wildman–Crippen MR) is 86.1 cm³/mol. The van der Waals surface area contributed by atoms with Gasteiger partial charge in [0.2, 0.25) is 11.8 Å². The van der Waals surface area contributed by atoms with Crippen LogP contribution in [0.25, 0.3) is 0 Å². The van der Waals surface area contributed by atoms with Crippen molar-refractivity contribution in [2.45, 2.75) is 33.6 Å². The van der Waals surface area contributed by atoms with E-state index in [2.05, 4.69) is 5.32 Å². The van der Waals surface area contributed by atoms with E-state index in [4.69, 9.17) is 4.74 Å². The van der Waals surface area contributed by atoms with Gasteiger partial charge in [0.1, 0.15) is 12.3 Å². The summed E-state index contributed by atoms with van der Waals surface area (Å²) >= 11 is 0. The van der Waals surface area contributed by atoms with Crippen LogP contribution in [0.2, 0.25) is 0 Å². The lowest BCUT2D eigenvalue weighted by molar-refractivity contribution is -0.137. The summed E-state index contributed by atoms with van der Waals surface area (Å²) in [6.07, 6.45) is 1.44. The monoisotopic (exact) mass is 318 g/mol. The van der Waals surface area contributed by atoms with Crippen molar-refractivity contribution in [3.8, 4) is 5.75 Å². The molecule has 2 amide bonds. The van der Waals surface area contributed by atoms with Crippen LogP contribution in [0.3, 0.4) is 0 Å². The van der Waals surface area contributed by atoms with E-state index in [9.17, 15) is 14.4 Å². The maximum Gasteiger partial charge on any atom is 0.330 e. The largest absolute Gasteiger partial charge is 0.425 e. The fourth-order valence-electron chi connectivity index (χ4n) is 2.20. The summed E-state index contributed by atoms with van der Waals surface area (Å²) in [5.41, 5.74) is 0.248. The molecule has 0 spiro atoms. The molecular weight excluding hydrogens is 296 g/mol. The summed E-state index contributed by atoms with van der Waals surface area (Å²) < 4.78 is 5.16. The van der Waals surface area contributed by atoms with Crippen LogP contribution in [0.15, 0.2) is 24.3 Å². The molecule has 1 saturated heterocycles. The van der Waals surface area contributed by atoms with Gasteiger partial charge in [-0.2, -0.15) is 0 Å². The Morgan fingerprint density at radius 2 is 1.87 bits per heavy atom. The van der Waals surface area contributed by atoms with Gasteiger partial charge in [-0.3, -0.25) is 9.59 Å². The number of carbonyl (C=O) groups is 3. The molecule has 0 radical (unpaired) electrons. The number of esters is 1. The predicted octanol–water partition coefficient (Wildman–Crippen LogP) is 1.88. The van der Waals surface area contributed by atoms with E-state index in [0.717, 1.165) is 18.7 Å². The maximum absolute atomic E-state index is 11.7. The summed E-state index contributed by atoms with van der Waals surface area (Å²) in [4.78, 5) is 36.8. The van der Waals surface area contributed by atoms with E-state index in [1.807, 2.05) is 0 Å². The third kappa shape index (κ3) is 4.55. The van der Waals surface area contributed by atoms with Crippen LogP contribution < -0.4 is 15.0 Å². The molecule has 1 aromatic rings. The highest BCUT2D eigenvalue weighted by Crippen LogP contribution is 2.23. The standard InChI is InChI=1S/C17H22N2O4/c1-17(2,3)16(22)18-11-15(21)23-13-8-6-12(7-9-13)19-10-4-5-14(19)20/h6-9H,4-5,10-11H2,1-3H3,(H,18,22). The van der Waals surface area contributed by atoms with E-state index in [1.54, 1.807) is 49.9 Å². The van der Waals surface area contributed by atoms with Crippen LogP contribution in [-0.2, 0) is 14.4 Å². The first-order chi connectivity index (χ1) is 10.8. The first kappa shape index (κ1) is 17.0. The molecule has 0 bridgehead atoms.